The van der Waals surface area contributed by atoms with Crippen molar-refractivity contribution in [3.8, 4) is 0 Å². The van der Waals surface area contributed by atoms with Gasteiger partial charge in [-0.05, 0) is 24.0 Å². The van der Waals surface area contributed by atoms with Crippen molar-refractivity contribution in [3.63, 3.8) is 0 Å². The van der Waals surface area contributed by atoms with Gasteiger partial charge in [0, 0.05) is 18.5 Å². The van der Waals surface area contributed by atoms with E-state index in [1.807, 2.05) is 12.1 Å². The van der Waals surface area contributed by atoms with Crippen LogP contribution in [0.3, 0.4) is 0 Å². The molecule has 1 aromatic heterocycles. The second-order valence-corrected chi connectivity index (χ2v) is 6.63. The molecule has 1 unspecified atom stereocenters. The SMILES string of the molecule is O=C(NCc1cn2c(n1)SCC2)C1CCc2ccccc21. The topological polar surface area (TPSA) is 46.9 Å². The van der Waals surface area contributed by atoms with Gasteiger partial charge in [-0.3, -0.25) is 4.79 Å². The summed E-state index contributed by atoms with van der Waals surface area (Å²) >= 11 is 1.78. The Morgan fingerprint density at radius 2 is 2.33 bits per heavy atom. The normalized spacial score (nSPS) is 19.3. The van der Waals surface area contributed by atoms with E-state index < -0.39 is 0 Å². The van der Waals surface area contributed by atoms with E-state index in [0.29, 0.717) is 6.54 Å². The molecule has 0 fully saturated rings. The van der Waals surface area contributed by atoms with Crippen LogP contribution in [0.15, 0.2) is 35.6 Å². The van der Waals surface area contributed by atoms with Crippen LogP contribution in [-0.4, -0.2) is 21.2 Å². The summed E-state index contributed by atoms with van der Waals surface area (Å²) in [5.41, 5.74) is 3.46. The van der Waals surface area contributed by atoms with Crippen LogP contribution in [0.2, 0.25) is 0 Å². The van der Waals surface area contributed by atoms with Crippen molar-refractivity contribution in [3.05, 3.63) is 47.3 Å². The number of aromatic nitrogens is 2. The van der Waals surface area contributed by atoms with Crippen LogP contribution in [0.25, 0.3) is 0 Å². The molecule has 1 amide bonds. The van der Waals surface area contributed by atoms with Crippen LogP contribution < -0.4 is 5.32 Å². The standard InChI is InChI=1S/C16H17N3OS/c20-15(14-6-5-11-3-1-2-4-13(11)14)17-9-12-10-19-7-8-21-16(19)18-12/h1-4,10,14H,5-9H2,(H,17,20). The maximum Gasteiger partial charge on any atom is 0.227 e. The predicted octanol–water partition coefficient (Wildman–Crippen LogP) is 2.33. The van der Waals surface area contributed by atoms with Gasteiger partial charge in [-0.1, -0.05) is 36.0 Å². The zero-order valence-corrected chi connectivity index (χ0v) is 12.5. The summed E-state index contributed by atoms with van der Waals surface area (Å²) in [5.74, 6) is 1.24. The van der Waals surface area contributed by atoms with Crippen molar-refractivity contribution < 1.29 is 4.79 Å². The second kappa shape index (κ2) is 5.22. The van der Waals surface area contributed by atoms with E-state index in [0.717, 1.165) is 36.0 Å². The smallest absolute Gasteiger partial charge is 0.227 e. The van der Waals surface area contributed by atoms with E-state index in [1.165, 1.54) is 11.1 Å². The van der Waals surface area contributed by atoms with Crippen LogP contribution in [0.4, 0.5) is 0 Å². The van der Waals surface area contributed by atoms with E-state index in [-0.39, 0.29) is 11.8 Å². The van der Waals surface area contributed by atoms with E-state index in [4.69, 9.17) is 0 Å². The lowest BCUT2D eigenvalue weighted by Crippen LogP contribution is -2.28. The number of fused-ring (bicyclic) bond motifs is 2. The van der Waals surface area contributed by atoms with Crippen molar-refractivity contribution in [2.45, 2.75) is 37.0 Å². The Labute approximate surface area is 128 Å². The van der Waals surface area contributed by atoms with Gasteiger partial charge in [0.15, 0.2) is 5.16 Å². The minimum atomic E-state index is 0.00466. The fourth-order valence-electron chi connectivity index (χ4n) is 3.18. The first kappa shape index (κ1) is 13.0. The van der Waals surface area contributed by atoms with Gasteiger partial charge in [-0.2, -0.15) is 0 Å². The molecule has 0 radical (unpaired) electrons. The predicted molar refractivity (Wildman–Crippen MR) is 82.3 cm³/mol. The molecule has 108 valence electrons. The Morgan fingerprint density at radius 3 is 3.24 bits per heavy atom. The lowest BCUT2D eigenvalue weighted by molar-refractivity contribution is -0.122. The lowest BCUT2D eigenvalue weighted by Gasteiger charge is -2.11. The number of carbonyl (C=O) groups excluding carboxylic acids is 1. The number of rotatable bonds is 3. The largest absolute Gasteiger partial charge is 0.350 e. The van der Waals surface area contributed by atoms with Crippen LogP contribution in [-0.2, 0) is 24.3 Å². The Morgan fingerprint density at radius 1 is 1.43 bits per heavy atom. The van der Waals surface area contributed by atoms with Gasteiger partial charge in [0.2, 0.25) is 5.91 Å². The van der Waals surface area contributed by atoms with Crippen molar-refractivity contribution in [2.24, 2.45) is 0 Å². The summed E-state index contributed by atoms with van der Waals surface area (Å²) in [6, 6.07) is 8.26. The Hall–Kier alpha value is -1.75. The zero-order chi connectivity index (χ0) is 14.2. The van der Waals surface area contributed by atoms with E-state index in [9.17, 15) is 4.79 Å². The van der Waals surface area contributed by atoms with Crippen molar-refractivity contribution in [1.29, 1.82) is 0 Å². The van der Waals surface area contributed by atoms with Crippen molar-refractivity contribution >= 4 is 17.7 Å². The Balaban J connectivity index is 1.42. The monoisotopic (exact) mass is 299 g/mol. The number of nitrogens with zero attached hydrogens (tertiary/aromatic N) is 2. The summed E-state index contributed by atoms with van der Waals surface area (Å²) in [6.45, 7) is 1.55. The molecule has 21 heavy (non-hydrogen) atoms. The molecule has 4 nitrogen and oxygen atoms in total. The Kier molecular flexibility index (Phi) is 3.22. The van der Waals surface area contributed by atoms with E-state index in [1.54, 1.807) is 11.8 Å². The van der Waals surface area contributed by atoms with E-state index >= 15 is 0 Å². The minimum absolute atomic E-state index is 0.00466. The number of imidazole rings is 1. The number of carbonyl (C=O) groups is 1. The van der Waals surface area contributed by atoms with Gasteiger partial charge in [0.05, 0.1) is 18.2 Å². The van der Waals surface area contributed by atoms with Crippen molar-refractivity contribution in [1.82, 2.24) is 14.9 Å². The maximum atomic E-state index is 12.4. The molecule has 0 spiro atoms. The fourth-order valence-corrected chi connectivity index (χ4v) is 4.14. The molecular weight excluding hydrogens is 282 g/mol. The molecule has 0 saturated heterocycles. The van der Waals surface area contributed by atoms with Crippen LogP contribution in [0, 0.1) is 0 Å². The van der Waals surface area contributed by atoms with Gasteiger partial charge in [0.25, 0.3) is 0 Å². The number of hydrogen-bond donors (Lipinski definition) is 1. The first-order valence-electron chi connectivity index (χ1n) is 7.35. The molecule has 0 bridgehead atoms. The third kappa shape index (κ3) is 2.35. The number of hydrogen-bond acceptors (Lipinski definition) is 3. The van der Waals surface area contributed by atoms with E-state index in [2.05, 4.69) is 33.2 Å². The van der Waals surface area contributed by atoms with Gasteiger partial charge < -0.3 is 9.88 Å². The lowest BCUT2D eigenvalue weighted by atomic mass is 10.0. The highest BCUT2D eigenvalue weighted by molar-refractivity contribution is 7.99. The third-order valence-electron chi connectivity index (χ3n) is 4.25. The molecule has 2 aliphatic rings. The number of thioether (sulfide) groups is 1. The van der Waals surface area contributed by atoms with Gasteiger partial charge in [0.1, 0.15) is 0 Å². The number of nitrogens with one attached hydrogen (secondary N) is 1. The molecule has 1 atom stereocenters. The summed E-state index contributed by atoms with van der Waals surface area (Å²) in [6.07, 6.45) is 3.97. The molecule has 5 heteroatoms. The summed E-state index contributed by atoms with van der Waals surface area (Å²) in [5, 5.41) is 4.12. The molecule has 1 aromatic carbocycles. The molecule has 4 rings (SSSR count). The molecular formula is C16H17N3OS. The van der Waals surface area contributed by atoms with Gasteiger partial charge in [-0.25, -0.2) is 4.98 Å². The fraction of sp³-hybridized carbons (Fsp3) is 0.375. The first-order chi connectivity index (χ1) is 10.3. The third-order valence-corrected chi connectivity index (χ3v) is 5.22. The quantitative estimate of drug-likeness (QED) is 0.946. The first-order valence-corrected chi connectivity index (χ1v) is 8.34. The van der Waals surface area contributed by atoms with Gasteiger partial charge in [-0.15, -0.1) is 0 Å². The molecule has 1 aliphatic heterocycles. The number of benzene rings is 1. The summed E-state index contributed by atoms with van der Waals surface area (Å²) in [4.78, 5) is 17.0. The molecule has 0 saturated carbocycles. The average Bonchev–Trinajstić information content (AvgIpc) is 3.18. The van der Waals surface area contributed by atoms with Crippen LogP contribution in [0.5, 0.6) is 0 Å². The highest BCUT2D eigenvalue weighted by Crippen LogP contribution is 2.33. The highest BCUT2D eigenvalue weighted by atomic mass is 32.2. The number of amides is 1. The van der Waals surface area contributed by atoms with Crippen molar-refractivity contribution in [2.75, 3.05) is 5.75 Å². The van der Waals surface area contributed by atoms with Crippen LogP contribution >= 0.6 is 11.8 Å². The molecule has 1 N–H and O–H groups in total. The summed E-state index contributed by atoms with van der Waals surface area (Å²) in [7, 11) is 0. The molecule has 1 aliphatic carbocycles. The Bertz CT molecular complexity index is 673. The molecule has 2 heterocycles. The van der Waals surface area contributed by atoms with Gasteiger partial charge >= 0.3 is 0 Å². The zero-order valence-electron chi connectivity index (χ0n) is 11.7. The molecule has 2 aromatic rings. The average molecular weight is 299 g/mol. The second-order valence-electron chi connectivity index (χ2n) is 5.56. The minimum Gasteiger partial charge on any atom is -0.350 e. The number of aryl methyl sites for hydroxylation is 2. The van der Waals surface area contributed by atoms with Crippen LogP contribution in [0.1, 0.15) is 29.2 Å². The highest BCUT2D eigenvalue weighted by Gasteiger charge is 2.28. The maximum absolute atomic E-state index is 12.4. The summed E-state index contributed by atoms with van der Waals surface area (Å²) < 4.78 is 2.16.